The number of hydrogen-bond donors (Lipinski definition) is 1. The molecule has 1 aromatic rings. The predicted octanol–water partition coefficient (Wildman–Crippen LogP) is 2.04. The molecular formula is C15H24N2O. The Hall–Kier alpha value is -1.06. The van der Waals surface area contributed by atoms with E-state index in [4.69, 9.17) is 10.5 Å². The molecule has 1 aromatic carbocycles. The number of benzene rings is 1. The van der Waals surface area contributed by atoms with E-state index in [0.29, 0.717) is 12.0 Å². The molecule has 1 saturated heterocycles. The Kier molecular flexibility index (Phi) is 4.61. The number of para-hydroxylation sites is 1. The smallest absolute Gasteiger partial charge is 0.122 e. The first-order valence-corrected chi connectivity index (χ1v) is 6.83. The first-order chi connectivity index (χ1) is 8.66. The Labute approximate surface area is 110 Å². The summed E-state index contributed by atoms with van der Waals surface area (Å²) >= 11 is 0. The van der Waals surface area contributed by atoms with E-state index in [0.717, 1.165) is 32.0 Å². The maximum atomic E-state index is 6.09. The molecule has 0 amide bonds. The zero-order valence-electron chi connectivity index (χ0n) is 11.4. The van der Waals surface area contributed by atoms with E-state index in [1.165, 1.54) is 12.0 Å². The molecule has 0 spiro atoms. The van der Waals surface area contributed by atoms with Crippen LogP contribution in [-0.4, -0.2) is 37.2 Å². The van der Waals surface area contributed by atoms with Crippen LogP contribution in [0, 0.1) is 12.8 Å². The minimum Gasteiger partial charge on any atom is -0.492 e. The molecule has 0 aliphatic carbocycles. The van der Waals surface area contributed by atoms with Crippen LogP contribution in [0.1, 0.15) is 18.9 Å². The van der Waals surface area contributed by atoms with Gasteiger partial charge in [0, 0.05) is 19.1 Å². The van der Waals surface area contributed by atoms with Gasteiger partial charge in [0.2, 0.25) is 0 Å². The van der Waals surface area contributed by atoms with Gasteiger partial charge in [0.05, 0.1) is 0 Å². The maximum absolute atomic E-state index is 6.09. The molecule has 1 heterocycles. The highest BCUT2D eigenvalue weighted by atomic mass is 16.5. The van der Waals surface area contributed by atoms with Gasteiger partial charge in [-0.3, -0.25) is 4.90 Å². The summed E-state index contributed by atoms with van der Waals surface area (Å²) in [7, 11) is 0. The van der Waals surface area contributed by atoms with Gasteiger partial charge in [-0.15, -0.1) is 0 Å². The highest BCUT2D eigenvalue weighted by Crippen LogP contribution is 2.17. The van der Waals surface area contributed by atoms with Gasteiger partial charge in [0.15, 0.2) is 0 Å². The highest BCUT2D eigenvalue weighted by Gasteiger charge is 2.22. The fourth-order valence-corrected chi connectivity index (χ4v) is 2.38. The van der Waals surface area contributed by atoms with Gasteiger partial charge < -0.3 is 10.5 Å². The fraction of sp³-hybridized carbons (Fsp3) is 0.600. The van der Waals surface area contributed by atoms with Crippen molar-refractivity contribution in [3.05, 3.63) is 29.8 Å². The lowest BCUT2D eigenvalue weighted by Gasteiger charge is -2.34. The van der Waals surface area contributed by atoms with Gasteiger partial charge in [0.1, 0.15) is 12.4 Å². The minimum atomic E-state index is 0.317. The van der Waals surface area contributed by atoms with E-state index in [2.05, 4.69) is 24.8 Å². The number of piperidine rings is 1. The number of nitrogens with zero attached hydrogens (tertiary/aromatic N) is 1. The van der Waals surface area contributed by atoms with Gasteiger partial charge in [-0.25, -0.2) is 0 Å². The largest absolute Gasteiger partial charge is 0.492 e. The van der Waals surface area contributed by atoms with Crippen molar-refractivity contribution in [2.24, 2.45) is 11.7 Å². The van der Waals surface area contributed by atoms with Crippen LogP contribution in [0.2, 0.25) is 0 Å². The highest BCUT2D eigenvalue weighted by molar-refractivity contribution is 5.31. The standard InChI is InChI=1S/C15H24N2O/c1-12-7-8-17(11-14(12)16)9-10-18-15-6-4-3-5-13(15)2/h3-6,12,14H,7-11,16H2,1-2H3. The molecule has 2 atom stereocenters. The summed E-state index contributed by atoms with van der Waals surface area (Å²) in [5.74, 6) is 1.64. The number of likely N-dealkylation sites (tertiary alicyclic amines) is 1. The first-order valence-electron chi connectivity index (χ1n) is 6.83. The quantitative estimate of drug-likeness (QED) is 0.886. The fourth-order valence-electron chi connectivity index (χ4n) is 2.38. The van der Waals surface area contributed by atoms with Crippen molar-refractivity contribution in [1.82, 2.24) is 4.90 Å². The van der Waals surface area contributed by atoms with E-state index >= 15 is 0 Å². The van der Waals surface area contributed by atoms with Gasteiger partial charge in [0.25, 0.3) is 0 Å². The van der Waals surface area contributed by atoms with E-state index in [1.807, 2.05) is 18.2 Å². The lowest BCUT2D eigenvalue weighted by atomic mass is 9.94. The average Bonchev–Trinajstić information content (AvgIpc) is 2.36. The molecule has 1 aliphatic heterocycles. The molecule has 3 heteroatoms. The van der Waals surface area contributed by atoms with Crippen molar-refractivity contribution < 1.29 is 4.74 Å². The molecular weight excluding hydrogens is 224 g/mol. The van der Waals surface area contributed by atoms with Crippen LogP contribution >= 0.6 is 0 Å². The molecule has 1 aliphatic rings. The minimum absolute atomic E-state index is 0.317. The second-order valence-electron chi connectivity index (χ2n) is 5.34. The topological polar surface area (TPSA) is 38.5 Å². The third-order valence-electron chi connectivity index (χ3n) is 3.86. The van der Waals surface area contributed by atoms with E-state index in [-0.39, 0.29) is 0 Å². The van der Waals surface area contributed by atoms with Crippen LogP contribution in [0.15, 0.2) is 24.3 Å². The number of ether oxygens (including phenoxy) is 1. The second-order valence-corrected chi connectivity index (χ2v) is 5.34. The summed E-state index contributed by atoms with van der Waals surface area (Å²) in [6.45, 7) is 8.17. The molecule has 18 heavy (non-hydrogen) atoms. The molecule has 100 valence electrons. The van der Waals surface area contributed by atoms with Crippen molar-refractivity contribution in [2.75, 3.05) is 26.2 Å². The van der Waals surface area contributed by atoms with Crippen LogP contribution in [-0.2, 0) is 0 Å². The van der Waals surface area contributed by atoms with Crippen molar-refractivity contribution in [3.63, 3.8) is 0 Å². The van der Waals surface area contributed by atoms with E-state index in [9.17, 15) is 0 Å². The number of hydrogen-bond acceptors (Lipinski definition) is 3. The van der Waals surface area contributed by atoms with Crippen molar-refractivity contribution in [1.29, 1.82) is 0 Å². The molecule has 0 saturated carbocycles. The summed E-state index contributed by atoms with van der Waals surface area (Å²) in [4.78, 5) is 2.41. The Bertz CT molecular complexity index is 381. The molecule has 2 rings (SSSR count). The number of aryl methyl sites for hydroxylation is 1. The van der Waals surface area contributed by atoms with Crippen molar-refractivity contribution in [2.45, 2.75) is 26.3 Å². The molecule has 0 bridgehead atoms. The van der Waals surface area contributed by atoms with Crippen LogP contribution < -0.4 is 10.5 Å². The van der Waals surface area contributed by atoms with E-state index < -0.39 is 0 Å². The first kappa shape index (κ1) is 13.4. The summed E-state index contributed by atoms with van der Waals surface area (Å²) in [6, 6.07) is 8.47. The summed E-state index contributed by atoms with van der Waals surface area (Å²) in [5, 5.41) is 0. The Morgan fingerprint density at radius 3 is 2.89 bits per heavy atom. The normalized spacial score (nSPS) is 25.1. The zero-order chi connectivity index (χ0) is 13.0. The average molecular weight is 248 g/mol. The molecule has 1 fully saturated rings. The lowest BCUT2D eigenvalue weighted by Crippen LogP contribution is -2.48. The summed E-state index contributed by atoms with van der Waals surface area (Å²) < 4.78 is 5.82. The SMILES string of the molecule is Cc1ccccc1OCCN1CCC(C)C(N)C1. The second kappa shape index (κ2) is 6.21. The van der Waals surface area contributed by atoms with Gasteiger partial charge in [-0.2, -0.15) is 0 Å². The molecule has 0 radical (unpaired) electrons. The lowest BCUT2D eigenvalue weighted by molar-refractivity contribution is 0.143. The summed E-state index contributed by atoms with van der Waals surface area (Å²) in [6.07, 6.45) is 1.20. The maximum Gasteiger partial charge on any atom is 0.122 e. The van der Waals surface area contributed by atoms with Gasteiger partial charge in [-0.05, 0) is 37.4 Å². The van der Waals surface area contributed by atoms with Crippen molar-refractivity contribution >= 4 is 0 Å². The van der Waals surface area contributed by atoms with Gasteiger partial charge in [-0.1, -0.05) is 25.1 Å². The van der Waals surface area contributed by atoms with Crippen LogP contribution in [0.25, 0.3) is 0 Å². The zero-order valence-corrected chi connectivity index (χ0v) is 11.4. The number of rotatable bonds is 4. The molecule has 2 N–H and O–H groups in total. The van der Waals surface area contributed by atoms with E-state index in [1.54, 1.807) is 0 Å². The third-order valence-corrected chi connectivity index (χ3v) is 3.86. The Balaban J connectivity index is 1.74. The number of nitrogens with two attached hydrogens (primary N) is 1. The molecule has 3 nitrogen and oxygen atoms in total. The Morgan fingerprint density at radius 1 is 1.39 bits per heavy atom. The monoisotopic (exact) mass is 248 g/mol. The van der Waals surface area contributed by atoms with Crippen LogP contribution in [0.5, 0.6) is 5.75 Å². The summed E-state index contributed by atoms with van der Waals surface area (Å²) in [5.41, 5.74) is 7.29. The predicted molar refractivity (Wildman–Crippen MR) is 74.9 cm³/mol. The van der Waals surface area contributed by atoms with Gasteiger partial charge >= 0.3 is 0 Å². The third kappa shape index (κ3) is 3.47. The van der Waals surface area contributed by atoms with Crippen molar-refractivity contribution in [3.8, 4) is 5.75 Å². The molecule has 2 unspecified atom stereocenters. The molecule has 0 aromatic heterocycles. The van der Waals surface area contributed by atoms with Crippen LogP contribution in [0.3, 0.4) is 0 Å². The van der Waals surface area contributed by atoms with Crippen LogP contribution in [0.4, 0.5) is 0 Å². The Morgan fingerprint density at radius 2 is 2.17 bits per heavy atom.